The summed E-state index contributed by atoms with van der Waals surface area (Å²) in [5.74, 6) is 0.197. The maximum atomic E-state index is 13.8. The topological polar surface area (TPSA) is 97.5 Å². The molecular weight excluding hydrogens is 538 g/mol. The number of aromatic nitrogens is 4. The highest BCUT2D eigenvalue weighted by atomic mass is 127. The Hall–Kier alpha value is -3.02. The van der Waals surface area contributed by atoms with E-state index in [2.05, 4.69) is 68.4 Å². The van der Waals surface area contributed by atoms with Crippen LogP contribution in [0.4, 0.5) is 10.2 Å². The first-order valence-corrected chi connectivity index (χ1v) is 11.4. The second-order valence-electron chi connectivity index (χ2n) is 8.40. The van der Waals surface area contributed by atoms with E-state index in [1.165, 1.54) is 6.08 Å². The van der Waals surface area contributed by atoms with Crippen molar-refractivity contribution in [2.75, 3.05) is 18.5 Å². The van der Waals surface area contributed by atoms with Crippen LogP contribution in [0.2, 0.25) is 0 Å². The third-order valence-electron chi connectivity index (χ3n) is 5.37. The zero-order chi connectivity index (χ0) is 23.8. The van der Waals surface area contributed by atoms with E-state index in [9.17, 15) is 9.50 Å². The number of ether oxygens (including phenoxy) is 1. The number of hydrogen-bond donors (Lipinski definition) is 2. The second-order valence-corrected chi connectivity index (χ2v) is 9.36. The lowest BCUT2D eigenvalue weighted by Crippen LogP contribution is -2.26. The van der Waals surface area contributed by atoms with Gasteiger partial charge in [0, 0.05) is 34.7 Å². The van der Waals surface area contributed by atoms with Crippen LogP contribution >= 0.6 is 22.6 Å². The van der Waals surface area contributed by atoms with Crippen molar-refractivity contribution in [1.82, 2.24) is 19.5 Å². The minimum absolute atomic E-state index is 0.0852. The fourth-order valence-electron chi connectivity index (χ4n) is 3.77. The summed E-state index contributed by atoms with van der Waals surface area (Å²) >= 11 is 2.10. The molecular formula is C23H24FIN6O2. The van der Waals surface area contributed by atoms with Crippen LogP contribution in [-0.4, -0.2) is 44.5 Å². The number of allylic oxidation sites excluding steroid dienone is 3. The standard InChI is InChI=1S/C23H24FIN6O2/c1-13(9-15(24)11-26-4)16-10-14(5-6-17(16)32)7-8-27-19-18-20(30-21(25)29-19)31-22(28-18)33-12-23(31,2)3/h5-6,9-11,32H,4,7-8,12H2,1-3H3,(H,27,29,30)/b13-9+,15-11+. The van der Waals surface area contributed by atoms with Crippen LogP contribution in [0.5, 0.6) is 11.8 Å². The molecule has 3 aromatic rings. The molecule has 4 rings (SSSR count). The van der Waals surface area contributed by atoms with Crippen molar-refractivity contribution in [3.63, 3.8) is 0 Å². The normalized spacial score (nSPS) is 15.4. The number of phenolic OH excluding ortho intramolecular Hbond substituents is 1. The molecule has 8 nitrogen and oxygen atoms in total. The largest absolute Gasteiger partial charge is 0.507 e. The van der Waals surface area contributed by atoms with Gasteiger partial charge in [0.25, 0.3) is 6.01 Å². The molecule has 0 saturated carbocycles. The molecule has 1 aliphatic heterocycles. The average molecular weight is 562 g/mol. The van der Waals surface area contributed by atoms with E-state index in [0.717, 1.165) is 17.4 Å². The lowest BCUT2D eigenvalue weighted by atomic mass is 10.0. The highest BCUT2D eigenvalue weighted by Gasteiger charge is 2.36. The minimum Gasteiger partial charge on any atom is -0.507 e. The zero-order valence-corrected chi connectivity index (χ0v) is 20.7. The molecule has 0 radical (unpaired) electrons. The zero-order valence-electron chi connectivity index (χ0n) is 18.6. The van der Waals surface area contributed by atoms with E-state index in [-0.39, 0.29) is 11.3 Å². The maximum absolute atomic E-state index is 13.8. The molecule has 0 fully saturated rings. The van der Waals surface area contributed by atoms with Crippen molar-refractivity contribution in [3.05, 3.63) is 51.3 Å². The fraction of sp³-hybridized carbons (Fsp3) is 0.304. The smallest absolute Gasteiger partial charge is 0.299 e. The Balaban J connectivity index is 1.54. The lowest BCUT2D eigenvalue weighted by Gasteiger charge is -2.18. The molecule has 1 aliphatic rings. The summed E-state index contributed by atoms with van der Waals surface area (Å²) in [5, 5.41) is 13.6. The molecule has 10 heteroatoms. The Labute approximate surface area is 204 Å². The van der Waals surface area contributed by atoms with Crippen LogP contribution in [0.25, 0.3) is 16.7 Å². The van der Waals surface area contributed by atoms with Crippen LogP contribution in [0.1, 0.15) is 31.9 Å². The van der Waals surface area contributed by atoms with E-state index in [0.29, 0.717) is 51.9 Å². The number of rotatable bonds is 7. The molecule has 3 heterocycles. The Kier molecular flexibility index (Phi) is 6.37. The first kappa shape index (κ1) is 23.1. The van der Waals surface area contributed by atoms with Gasteiger partial charge in [0.15, 0.2) is 20.8 Å². The number of phenols is 1. The van der Waals surface area contributed by atoms with Gasteiger partial charge in [0.05, 0.1) is 11.7 Å². The van der Waals surface area contributed by atoms with Crippen molar-refractivity contribution in [1.29, 1.82) is 0 Å². The van der Waals surface area contributed by atoms with E-state index < -0.39 is 5.83 Å². The van der Waals surface area contributed by atoms with Crippen LogP contribution < -0.4 is 10.1 Å². The Morgan fingerprint density at radius 3 is 2.94 bits per heavy atom. The fourth-order valence-corrected chi connectivity index (χ4v) is 4.24. The molecule has 2 aromatic heterocycles. The van der Waals surface area contributed by atoms with Crippen molar-refractivity contribution < 1.29 is 14.2 Å². The summed E-state index contributed by atoms with van der Waals surface area (Å²) in [6, 6.07) is 5.85. The Bertz CT molecular complexity index is 1300. The summed E-state index contributed by atoms with van der Waals surface area (Å²) in [6.45, 7) is 10.3. The van der Waals surface area contributed by atoms with Gasteiger partial charge in [0.2, 0.25) is 0 Å². The second kappa shape index (κ2) is 9.08. The van der Waals surface area contributed by atoms with Gasteiger partial charge in [-0.05, 0) is 63.3 Å². The van der Waals surface area contributed by atoms with E-state index in [1.54, 1.807) is 13.0 Å². The molecule has 0 saturated heterocycles. The van der Waals surface area contributed by atoms with Crippen LogP contribution in [-0.2, 0) is 12.0 Å². The highest BCUT2D eigenvalue weighted by Crippen LogP contribution is 2.36. The SMILES string of the molecule is C=N/C=C(F)\C=C(/C)c1cc(CCNc2nc(I)nc3c2nc2n3C(C)(C)CO2)ccc1O. The van der Waals surface area contributed by atoms with Crippen molar-refractivity contribution in [3.8, 4) is 11.8 Å². The van der Waals surface area contributed by atoms with E-state index in [4.69, 9.17) is 4.74 Å². The monoisotopic (exact) mass is 562 g/mol. The van der Waals surface area contributed by atoms with E-state index >= 15 is 0 Å². The van der Waals surface area contributed by atoms with Crippen LogP contribution in [0.3, 0.4) is 0 Å². The minimum atomic E-state index is -0.532. The van der Waals surface area contributed by atoms with Gasteiger partial charge in [0.1, 0.15) is 18.2 Å². The quantitative estimate of drug-likeness (QED) is 0.185. The Morgan fingerprint density at radius 2 is 2.18 bits per heavy atom. The van der Waals surface area contributed by atoms with Gasteiger partial charge < -0.3 is 15.2 Å². The van der Waals surface area contributed by atoms with Gasteiger partial charge in [-0.15, -0.1) is 0 Å². The first-order valence-electron chi connectivity index (χ1n) is 10.3. The predicted molar refractivity (Wildman–Crippen MR) is 136 cm³/mol. The van der Waals surface area contributed by atoms with Gasteiger partial charge >= 0.3 is 0 Å². The number of fused-ring (bicyclic) bond motifs is 3. The number of imidazole rings is 1. The molecule has 0 spiro atoms. The number of benzene rings is 1. The summed E-state index contributed by atoms with van der Waals surface area (Å²) < 4.78 is 22.1. The lowest BCUT2D eigenvalue weighted by molar-refractivity contribution is 0.268. The first-order chi connectivity index (χ1) is 15.7. The van der Waals surface area contributed by atoms with E-state index in [1.807, 2.05) is 16.7 Å². The van der Waals surface area contributed by atoms with Gasteiger partial charge in [-0.2, -0.15) is 4.98 Å². The van der Waals surface area contributed by atoms with Gasteiger partial charge in [-0.25, -0.2) is 14.4 Å². The van der Waals surface area contributed by atoms with Gasteiger partial charge in [-0.3, -0.25) is 9.56 Å². The molecule has 0 amide bonds. The van der Waals surface area contributed by atoms with Crippen molar-refractivity contribution in [2.24, 2.45) is 4.99 Å². The molecule has 0 unspecified atom stereocenters. The van der Waals surface area contributed by atoms with Crippen molar-refractivity contribution in [2.45, 2.75) is 32.7 Å². The number of halogens is 2. The third kappa shape index (κ3) is 4.70. The number of nitrogens with one attached hydrogen (secondary N) is 1. The molecule has 2 N–H and O–H groups in total. The maximum Gasteiger partial charge on any atom is 0.299 e. The number of hydrogen-bond acceptors (Lipinski definition) is 7. The molecule has 172 valence electrons. The number of aromatic hydroxyl groups is 1. The van der Waals surface area contributed by atoms with Crippen molar-refractivity contribution >= 4 is 51.9 Å². The van der Waals surface area contributed by atoms with Gasteiger partial charge in [-0.1, -0.05) is 6.07 Å². The number of anilines is 1. The molecule has 0 aliphatic carbocycles. The van der Waals surface area contributed by atoms with Crippen LogP contribution in [0, 0.1) is 3.83 Å². The summed E-state index contributed by atoms with van der Waals surface area (Å²) in [7, 11) is 0. The molecule has 0 bridgehead atoms. The molecule has 0 atom stereocenters. The average Bonchev–Trinajstić information content (AvgIpc) is 3.26. The highest BCUT2D eigenvalue weighted by molar-refractivity contribution is 14.1. The number of nitrogens with zero attached hydrogens (tertiary/aromatic N) is 5. The summed E-state index contributed by atoms with van der Waals surface area (Å²) in [5.41, 5.74) is 3.30. The Morgan fingerprint density at radius 1 is 1.39 bits per heavy atom. The summed E-state index contributed by atoms with van der Waals surface area (Å²) in [6.07, 6.45) is 2.99. The van der Waals surface area contributed by atoms with Crippen LogP contribution in [0.15, 0.2) is 41.3 Å². The third-order valence-corrected chi connectivity index (χ3v) is 5.85. The molecule has 1 aromatic carbocycles. The predicted octanol–water partition coefficient (Wildman–Crippen LogP) is 4.83. The molecule has 33 heavy (non-hydrogen) atoms. The summed E-state index contributed by atoms with van der Waals surface area (Å²) in [4.78, 5) is 17.1. The number of aliphatic imine (C=N–C) groups is 1.